The van der Waals surface area contributed by atoms with Gasteiger partial charge in [-0.2, -0.15) is 0 Å². The summed E-state index contributed by atoms with van der Waals surface area (Å²) in [5.74, 6) is 2.43. The van der Waals surface area contributed by atoms with Gasteiger partial charge in [-0.05, 0) is 96.1 Å². The van der Waals surface area contributed by atoms with Crippen LogP contribution in [-0.4, -0.2) is 10.7 Å². The molecule has 0 aliphatic heterocycles. The summed E-state index contributed by atoms with van der Waals surface area (Å²) in [5.41, 5.74) is 4.67. The average Bonchev–Trinajstić information content (AvgIpc) is 3.19. The Balaban J connectivity index is 1.17. The molecule has 0 aromatic heterocycles. The first kappa shape index (κ1) is 24.5. The molecule has 0 spiro atoms. The lowest BCUT2D eigenvalue weighted by Gasteiger charge is -2.53. The summed E-state index contributed by atoms with van der Waals surface area (Å²) in [4.78, 5) is 3.61. The summed E-state index contributed by atoms with van der Waals surface area (Å²) in [7, 11) is 0. The molecule has 6 rings (SSSR count). The Morgan fingerprint density at radius 3 is 2.51 bits per heavy atom. The molecule has 0 heterocycles. The van der Waals surface area contributed by atoms with Crippen molar-refractivity contribution in [1.29, 1.82) is 0 Å². The SMILES string of the molecule is [C-]#[N+]c1ccc2c(c1Cl)CCC1C2CC[C@@]2(C)C1CC[C@@]2(O)Cc1ccc(OCc2ccccc2)cc1. The second-order valence-electron chi connectivity index (χ2n) is 11.6. The fourth-order valence-electron chi connectivity index (χ4n) is 7.88. The van der Waals surface area contributed by atoms with Gasteiger partial charge < -0.3 is 9.84 Å². The molecule has 0 saturated heterocycles. The summed E-state index contributed by atoms with van der Waals surface area (Å²) < 4.78 is 5.97. The van der Waals surface area contributed by atoms with E-state index in [1.165, 1.54) is 16.7 Å². The molecule has 5 atom stereocenters. The minimum atomic E-state index is -0.694. The molecule has 4 heteroatoms. The van der Waals surface area contributed by atoms with E-state index in [4.69, 9.17) is 22.9 Å². The van der Waals surface area contributed by atoms with Crippen LogP contribution in [0, 0.1) is 23.8 Å². The fraction of sp³-hybridized carbons (Fsp3) is 0.424. The highest BCUT2D eigenvalue weighted by Crippen LogP contribution is 2.65. The molecule has 0 bridgehead atoms. The number of ether oxygens (including phenoxy) is 1. The standard InChI is InChI=1S/C33H34ClNO2/c1-32-18-16-26-25-14-15-30(35-2)31(34)28(25)13-12-27(26)29(32)17-19-33(32,36)20-22-8-10-24(11-9-22)37-21-23-6-4-3-5-7-23/h3-11,14-15,26-27,29,36H,12-13,16-21H2,1H3/t26?,27?,29?,32-,33+/m0/s1. The Bertz CT molecular complexity index is 1330. The van der Waals surface area contributed by atoms with Gasteiger partial charge >= 0.3 is 0 Å². The molecule has 1 N–H and O–H groups in total. The molecular weight excluding hydrogens is 478 g/mol. The van der Waals surface area contributed by atoms with Crippen LogP contribution < -0.4 is 4.74 Å². The maximum Gasteiger partial charge on any atom is 0.205 e. The molecule has 3 aliphatic carbocycles. The Kier molecular flexibility index (Phi) is 6.30. The van der Waals surface area contributed by atoms with Gasteiger partial charge in [-0.15, -0.1) is 0 Å². The molecule has 3 unspecified atom stereocenters. The van der Waals surface area contributed by atoms with Crippen molar-refractivity contribution >= 4 is 17.3 Å². The van der Waals surface area contributed by atoms with Gasteiger partial charge in [-0.25, -0.2) is 4.85 Å². The Morgan fingerprint density at radius 2 is 1.76 bits per heavy atom. The fourth-order valence-corrected chi connectivity index (χ4v) is 8.19. The quantitative estimate of drug-likeness (QED) is 0.349. The molecule has 3 aromatic carbocycles. The van der Waals surface area contributed by atoms with Crippen molar-refractivity contribution < 1.29 is 9.84 Å². The van der Waals surface area contributed by atoms with Crippen LogP contribution in [0.4, 0.5) is 5.69 Å². The van der Waals surface area contributed by atoms with Crippen molar-refractivity contribution in [3.8, 4) is 5.75 Å². The lowest BCUT2D eigenvalue weighted by Crippen LogP contribution is -2.51. The van der Waals surface area contributed by atoms with Gasteiger partial charge in [-0.1, -0.05) is 73.1 Å². The van der Waals surface area contributed by atoms with E-state index in [-0.39, 0.29) is 5.41 Å². The maximum atomic E-state index is 12.1. The highest BCUT2D eigenvalue weighted by atomic mass is 35.5. The second kappa shape index (κ2) is 9.50. The van der Waals surface area contributed by atoms with Gasteiger partial charge in [0.05, 0.1) is 17.2 Å². The molecule has 3 nitrogen and oxygen atoms in total. The number of hydrogen-bond acceptors (Lipinski definition) is 2. The zero-order valence-electron chi connectivity index (χ0n) is 21.4. The van der Waals surface area contributed by atoms with E-state index in [9.17, 15) is 5.11 Å². The Labute approximate surface area is 225 Å². The van der Waals surface area contributed by atoms with Crippen LogP contribution in [0.3, 0.4) is 0 Å². The summed E-state index contributed by atoms with van der Waals surface area (Å²) in [6.07, 6.45) is 6.76. The Morgan fingerprint density at radius 1 is 0.973 bits per heavy atom. The van der Waals surface area contributed by atoms with Crippen LogP contribution in [0.1, 0.15) is 67.2 Å². The van der Waals surface area contributed by atoms with E-state index < -0.39 is 5.60 Å². The third-order valence-corrected chi connectivity index (χ3v) is 10.4. The summed E-state index contributed by atoms with van der Waals surface area (Å²) in [6.45, 7) is 10.3. The van der Waals surface area contributed by atoms with Crippen LogP contribution in [-0.2, 0) is 19.4 Å². The topological polar surface area (TPSA) is 33.8 Å². The summed E-state index contributed by atoms with van der Waals surface area (Å²) in [6, 6.07) is 22.6. The van der Waals surface area contributed by atoms with E-state index in [0.29, 0.717) is 41.5 Å². The summed E-state index contributed by atoms with van der Waals surface area (Å²) in [5, 5.41) is 12.8. The molecule has 3 aromatic rings. The van der Waals surface area contributed by atoms with Crippen molar-refractivity contribution in [3.05, 3.63) is 105 Å². The molecule has 0 radical (unpaired) electrons. The number of hydrogen-bond donors (Lipinski definition) is 1. The minimum Gasteiger partial charge on any atom is -0.489 e. The van der Waals surface area contributed by atoms with Crippen LogP contribution in [0.15, 0.2) is 66.7 Å². The number of nitrogens with zero attached hydrogens (tertiary/aromatic N) is 1. The average molecular weight is 512 g/mol. The highest BCUT2D eigenvalue weighted by Gasteiger charge is 2.61. The van der Waals surface area contributed by atoms with Crippen LogP contribution >= 0.6 is 11.6 Å². The number of aliphatic hydroxyl groups is 1. The third-order valence-electron chi connectivity index (χ3n) is 9.93. The van der Waals surface area contributed by atoms with Crippen LogP contribution in [0.2, 0.25) is 5.02 Å². The monoisotopic (exact) mass is 511 g/mol. The van der Waals surface area contributed by atoms with Gasteiger partial charge in [0, 0.05) is 6.42 Å². The van der Waals surface area contributed by atoms with E-state index >= 15 is 0 Å². The number of benzene rings is 3. The van der Waals surface area contributed by atoms with E-state index in [1.54, 1.807) is 0 Å². The molecule has 2 fully saturated rings. The van der Waals surface area contributed by atoms with Crippen molar-refractivity contribution in [2.24, 2.45) is 17.3 Å². The van der Waals surface area contributed by atoms with E-state index in [2.05, 4.69) is 42.1 Å². The number of fused-ring (bicyclic) bond motifs is 5. The molecule has 0 amide bonds. The van der Waals surface area contributed by atoms with Crippen molar-refractivity contribution in [1.82, 2.24) is 0 Å². The van der Waals surface area contributed by atoms with Crippen LogP contribution in [0.5, 0.6) is 5.75 Å². The first-order valence-corrected chi connectivity index (χ1v) is 14.0. The molecule has 3 aliphatic rings. The van der Waals surface area contributed by atoms with Gasteiger partial charge in [0.2, 0.25) is 5.69 Å². The number of rotatable bonds is 5. The van der Waals surface area contributed by atoms with Gasteiger partial charge in [-0.3, -0.25) is 0 Å². The third kappa shape index (κ3) is 4.15. The lowest BCUT2D eigenvalue weighted by molar-refractivity contribution is -0.102. The van der Waals surface area contributed by atoms with Gasteiger partial charge in [0.25, 0.3) is 0 Å². The van der Waals surface area contributed by atoms with Gasteiger partial charge in [0.1, 0.15) is 12.4 Å². The van der Waals surface area contributed by atoms with E-state index in [1.807, 2.05) is 36.4 Å². The largest absolute Gasteiger partial charge is 0.489 e. The highest BCUT2D eigenvalue weighted by molar-refractivity contribution is 6.34. The molecule has 37 heavy (non-hydrogen) atoms. The first-order chi connectivity index (χ1) is 17.9. The van der Waals surface area contributed by atoms with Crippen molar-refractivity contribution in [2.75, 3.05) is 0 Å². The number of halogens is 1. The van der Waals surface area contributed by atoms with E-state index in [0.717, 1.165) is 49.8 Å². The normalized spacial score (nSPS) is 30.1. The Hall–Kier alpha value is -2.80. The minimum absolute atomic E-state index is 0.0889. The second-order valence-corrected chi connectivity index (χ2v) is 12.0. The smallest absolute Gasteiger partial charge is 0.205 e. The van der Waals surface area contributed by atoms with Crippen molar-refractivity contribution in [3.63, 3.8) is 0 Å². The van der Waals surface area contributed by atoms with Crippen molar-refractivity contribution in [2.45, 2.75) is 70.0 Å². The zero-order valence-corrected chi connectivity index (χ0v) is 22.2. The predicted molar refractivity (Wildman–Crippen MR) is 148 cm³/mol. The van der Waals surface area contributed by atoms with Gasteiger partial charge in [0.15, 0.2) is 0 Å². The first-order valence-electron chi connectivity index (χ1n) is 13.6. The molecular formula is C33H34ClNO2. The predicted octanol–water partition coefficient (Wildman–Crippen LogP) is 8.30. The molecule has 190 valence electrons. The van der Waals surface area contributed by atoms with Crippen LogP contribution in [0.25, 0.3) is 4.85 Å². The maximum absolute atomic E-state index is 12.1. The zero-order chi connectivity index (χ0) is 25.6. The summed E-state index contributed by atoms with van der Waals surface area (Å²) >= 11 is 6.63. The molecule has 2 saturated carbocycles. The lowest BCUT2D eigenvalue weighted by atomic mass is 9.52.